The quantitative estimate of drug-likeness (QED) is 0.496. The highest BCUT2D eigenvalue weighted by Crippen LogP contribution is 2.22. The SMILES string of the molecule is C[C@H](NC(=O)/C=C/c1ccc([N+](=O)[O-])o1)c1ccccc1Br. The molecule has 0 fully saturated rings. The topological polar surface area (TPSA) is 85.4 Å². The van der Waals surface area contributed by atoms with E-state index in [4.69, 9.17) is 4.42 Å². The van der Waals surface area contributed by atoms with Gasteiger partial charge in [0.25, 0.3) is 0 Å². The Bertz CT molecular complexity index is 724. The van der Waals surface area contributed by atoms with Crippen LogP contribution < -0.4 is 5.32 Å². The van der Waals surface area contributed by atoms with Crippen LogP contribution >= 0.6 is 15.9 Å². The Hall–Kier alpha value is -2.41. The molecular weight excluding hydrogens is 352 g/mol. The van der Waals surface area contributed by atoms with Gasteiger partial charge in [-0.2, -0.15) is 0 Å². The van der Waals surface area contributed by atoms with Gasteiger partial charge < -0.3 is 9.73 Å². The number of furan rings is 1. The normalized spacial score (nSPS) is 12.3. The van der Waals surface area contributed by atoms with Gasteiger partial charge in [0.1, 0.15) is 10.7 Å². The van der Waals surface area contributed by atoms with Gasteiger partial charge in [-0.25, -0.2) is 0 Å². The molecule has 1 heterocycles. The molecule has 114 valence electrons. The molecule has 0 aliphatic heterocycles. The van der Waals surface area contributed by atoms with Gasteiger partial charge >= 0.3 is 5.88 Å². The van der Waals surface area contributed by atoms with Crippen molar-refractivity contribution in [3.8, 4) is 0 Å². The molecule has 0 unspecified atom stereocenters. The number of rotatable bonds is 5. The third-order valence-corrected chi connectivity index (χ3v) is 3.64. The molecule has 2 rings (SSSR count). The van der Waals surface area contributed by atoms with Crippen LogP contribution in [0.1, 0.15) is 24.3 Å². The van der Waals surface area contributed by atoms with Crippen molar-refractivity contribution in [3.05, 3.63) is 68.4 Å². The van der Waals surface area contributed by atoms with E-state index in [-0.39, 0.29) is 23.6 Å². The number of halogens is 1. The van der Waals surface area contributed by atoms with Crippen molar-refractivity contribution in [3.63, 3.8) is 0 Å². The third kappa shape index (κ3) is 4.05. The van der Waals surface area contributed by atoms with E-state index >= 15 is 0 Å². The van der Waals surface area contributed by atoms with Gasteiger partial charge in [-0.15, -0.1) is 0 Å². The summed E-state index contributed by atoms with van der Waals surface area (Å²) in [6.07, 6.45) is 2.66. The standard InChI is InChI=1S/C15H13BrN2O4/c1-10(12-4-2-3-5-13(12)16)17-14(19)8-6-11-7-9-15(22-11)18(20)21/h2-10H,1H3,(H,17,19)/b8-6+/t10-/m0/s1. The fraction of sp³-hybridized carbons (Fsp3) is 0.133. The minimum atomic E-state index is -0.633. The molecule has 0 aliphatic rings. The molecule has 7 heteroatoms. The molecule has 1 N–H and O–H groups in total. The number of nitrogens with zero attached hydrogens (tertiary/aromatic N) is 1. The number of amides is 1. The second kappa shape index (κ2) is 7.04. The number of benzene rings is 1. The van der Waals surface area contributed by atoms with Gasteiger partial charge in [0.15, 0.2) is 0 Å². The van der Waals surface area contributed by atoms with Crippen LogP contribution in [0.4, 0.5) is 5.88 Å². The highest BCUT2D eigenvalue weighted by atomic mass is 79.9. The summed E-state index contributed by atoms with van der Waals surface area (Å²) < 4.78 is 5.84. The summed E-state index contributed by atoms with van der Waals surface area (Å²) in [5.41, 5.74) is 0.956. The Morgan fingerprint density at radius 2 is 2.09 bits per heavy atom. The highest BCUT2D eigenvalue weighted by molar-refractivity contribution is 9.10. The largest absolute Gasteiger partial charge is 0.433 e. The zero-order valence-corrected chi connectivity index (χ0v) is 13.2. The lowest BCUT2D eigenvalue weighted by Crippen LogP contribution is -2.24. The molecule has 22 heavy (non-hydrogen) atoms. The van der Waals surface area contributed by atoms with E-state index in [0.717, 1.165) is 10.0 Å². The number of hydrogen-bond acceptors (Lipinski definition) is 4. The van der Waals surface area contributed by atoms with E-state index < -0.39 is 4.92 Å². The molecule has 6 nitrogen and oxygen atoms in total. The monoisotopic (exact) mass is 364 g/mol. The molecule has 0 radical (unpaired) electrons. The maximum absolute atomic E-state index is 11.9. The summed E-state index contributed by atoms with van der Waals surface area (Å²) >= 11 is 3.43. The molecular formula is C15H13BrN2O4. The summed E-state index contributed by atoms with van der Waals surface area (Å²) in [7, 11) is 0. The second-order valence-electron chi connectivity index (χ2n) is 4.52. The fourth-order valence-electron chi connectivity index (χ4n) is 1.85. The Morgan fingerprint density at radius 3 is 2.73 bits per heavy atom. The van der Waals surface area contributed by atoms with Crippen LogP contribution in [-0.2, 0) is 4.79 Å². The summed E-state index contributed by atoms with van der Waals surface area (Å²) in [5, 5.41) is 13.3. The Morgan fingerprint density at radius 1 is 1.36 bits per heavy atom. The lowest BCUT2D eigenvalue weighted by Gasteiger charge is -2.14. The van der Waals surface area contributed by atoms with Crippen LogP contribution in [-0.4, -0.2) is 10.8 Å². The van der Waals surface area contributed by atoms with E-state index in [9.17, 15) is 14.9 Å². The van der Waals surface area contributed by atoms with Crippen LogP contribution in [0, 0.1) is 10.1 Å². The number of carbonyl (C=O) groups is 1. The lowest BCUT2D eigenvalue weighted by atomic mass is 10.1. The molecule has 1 aromatic heterocycles. The first-order chi connectivity index (χ1) is 10.5. The van der Waals surface area contributed by atoms with Crippen molar-refractivity contribution < 1.29 is 14.1 Å². The highest BCUT2D eigenvalue weighted by Gasteiger charge is 2.12. The minimum Gasteiger partial charge on any atom is -0.401 e. The van der Waals surface area contributed by atoms with Crippen molar-refractivity contribution in [1.82, 2.24) is 5.32 Å². The zero-order valence-electron chi connectivity index (χ0n) is 11.7. The van der Waals surface area contributed by atoms with Crippen LogP contribution in [0.3, 0.4) is 0 Å². The molecule has 0 aliphatic carbocycles. The minimum absolute atomic E-state index is 0.182. The van der Waals surface area contributed by atoms with Crippen LogP contribution in [0.5, 0.6) is 0 Å². The summed E-state index contributed by atoms with van der Waals surface area (Å²) in [6, 6.07) is 10.1. The van der Waals surface area contributed by atoms with Gasteiger partial charge in [0, 0.05) is 10.5 Å². The molecule has 0 spiro atoms. The van der Waals surface area contributed by atoms with Crippen LogP contribution in [0.25, 0.3) is 6.08 Å². The van der Waals surface area contributed by atoms with Gasteiger partial charge in [0.05, 0.1) is 12.1 Å². The van der Waals surface area contributed by atoms with E-state index in [1.54, 1.807) is 0 Å². The first kappa shape index (κ1) is 16.0. The van der Waals surface area contributed by atoms with Crippen molar-refractivity contribution in [2.75, 3.05) is 0 Å². The Kier molecular flexibility index (Phi) is 5.11. The molecule has 2 aromatic rings. The van der Waals surface area contributed by atoms with Crippen molar-refractivity contribution >= 4 is 33.8 Å². The van der Waals surface area contributed by atoms with E-state index in [2.05, 4.69) is 21.2 Å². The molecule has 0 saturated carbocycles. The first-order valence-electron chi connectivity index (χ1n) is 6.44. The average Bonchev–Trinajstić information content (AvgIpc) is 2.94. The molecule has 1 amide bonds. The van der Waals surface area contributed by atoms with Gasteiger partial charge in [-0.05, 0) is 30.7 Å². The number of carbonyl (C=O) groups excluding carboxylic acids is 1. The van der Waals surface area contributed by atoms with E-state index in [1.807, 2.05) is 31.2 Å². The maximum Gasteiger partial charge on any atom is 0.433 e. The van der Waals surface area contributed by atoms with Crippen LogP contribution in [0.15, 0.2) is 51.4 Å². The molecule has 1 aromatic carbocycles. The summed E-state index contributed by atoms with van der Waals surface area (Å²) in [6.45, 7) is 1.86. The van der Waals surface area contributed by atoms with Crippen molar-refractivity contribution in [2.45, 2.75) is 13.0 Å². The van der Waals surface area contributed by atoms with Crippen molar-refractivity contribution in [1.29, 1.82) is 0 Å². The summed E-state index contributed by atoms with van der Waals surface area (Å²) in [4.78, 5) is 21.7. The predicted octanol–water partition coefficient (Wildman–Crippen LogP) is 3.84. The lowest BCUT2D eigenvalue weighted by molar-refractivity contribution is -0.402. The van der Waals surface area contributed by atoms with Crippen LogP contribution in [0.2, 0.25) is 0 Å². The van der Waals surface area contributed by atoms with E-state index in [1.165, 1.54) is 24.3 Å². The Labute approximate surface area is 135 Å². The summed E-state index contributed by atoms with van der Waals surface area (Å²) in [5.74, 6) is -0.431. The zero-order chi connectivity index (χ0) is 16.1. The Balaban J connectivity index is 1.98. The predicted molar refractivity (Wildman–Crippen MR) is 85.1 cm³/mol. The van der Waals surface area contributed by atoms with Crippen molar-refractivity contribution in [2.24, 2.45) is 0 Å². The molecule has 1 atom stereocenters. The number of nitrogens with one attached hydrogen (secondary N) is 1. The molecule has 0 saturated heterocycles. The fourth-order valence-corrected chi connectivity index (χ4v) is 2.48. The molecule has 0 bridgehead atoms. The second-order valence-corrected chi connectivity index (χ2v) is 5.37. The average molecular weight is 365 g/mol. The van der Waals surface area contributed by atoms with Gasteiger partial charge in [0.2, 0.25) is 5.91 Å². The number of nitro groups is 1. The van der Waals surface area contributed by atoms with E-state index in [0.29, 0.717) is 0 Å². The smallest absolute Gasteiger partial charge is 0.401 e. The van der Waals surface area contributed by atoms with Gasteiger partial charge in [-0.3, -0.25) is 14.9 Å². The third-order valence-electron chi connectivity index (χ3n) is 2.92. The maximum atomic E-state index is 11.9. The number of hydrogen-bond donors (Lipinski definition) is 1. The van der Waals surface area contributed by atoms with Gasteiger partial charge in [-0.1, -0.05) is 34.1 Å². The first-order valence-corrected chi connectivity index (χ1v) is 7.24.